The highest BCUT2D eigenvalue weighted by atomic mass is 79.9. The highest BCUT2D eigenvalue weighted by molar-refractivity contribution is 7.58. The van der Waals surface area contributed by atoms with Crippen molar-refractivity contribution in [2.45, 2.75) is 82.4 Å². The fourth-order valence-corrected chi connectivity index (χ4v) is 6.40. The summed E-state index contributed by atoms with van der Waals surface area (Å²) in [5, 5.41) is 22.9. The Morgan fingerprint density at radius 3 is 2.52 bits per heavy atom. The van der Waals surface area contributed by atoms with Gasteiger partial charge >= 0.3 is 0 Å². The standard InChI is InChI=1S/C24H35FO4S.BrH/c1-16(2)5-10-20-22(3,29-20)24(15-30)21(28-4)19(26)12-14-23(24,27)13-11-17-6-8-18(25)9-7-17;/h5-9,19-21,26-27,30H,10-15H2,1-4H3;1H. The number of ether oxygens (including phenoxy) is 2. The van der Waals surface area contributed by atoms with E-state index < -0.39 is 28.8 Å². The maximum Gasteiger partial charge on any atom is 0.123 e. The second-order valence-corrected chi connectivity index (χ2v) is 9.65. The predicted molar refractivity (Wildman–Crippen MR) is 120 cm³/mol. The molecule has 1 saturated heterocycles. The van der Waals surface area contributed by atoms with Crippen molar-refractivity contribution in [3.63, 3.8) is 0 Å². The highest BCUT2D eigenvalue weighted by Crippen LogP contribution is 2.63. The molecule has 1 heterocycles. The van der Waals surface area contributed by atoms with E-state index in [4.69, 9.17) is 9.47 Å². The lowest BCUT2D eigenvalue weighted by Crippen LogP contribution is -3.00. The van der Waals surface area contributed by atoms with E-state index in [1.54, 1.807) is 19.2 Å². The van der Waals surface area contributed by atoms with Crippen LogP contribution in [0.1, 0.15) is 52.0 Å². The first-order valence-corrected chi connectivity index (χ1v) is 11.5. The fraction of sp³-hybridized carbons (Fsp3) is 0.667. The molecule has 0 spiro atoms. The maximum absolute atomic E-state index is 13.3. The number of hydrogen-bond acceptors (Lipinski definition) is 4. The number of hydrogen-bond donors (Lipinski definition) is 2. The van der Waals surface area contributed by atoms with E-state index in [1.807, 2.05) is 6.92 Å². The number of aliphatic hydroxyl groups excluding tert-OH is 1. The summed E-state index contributed by atoms with van der Waals surface area (Å²) < 4.78 is 25.4. The molecule has 6 atom stereocenters. The molecule has 1 aliphatic heterocycles. The molecule has 0 bridgehead atoms. The van der Waals surface area contributed by atoms with Crippen molar-refractivity contribution in [1.82, 2.24) is 0 Å². The number of halogens is 2. The van der Waals surface area contributed by atoms with Gasteiger partial charge in [0.05, 0.1) is 23.9 Å². The van der Waals surface area contributed by atoms with E-state index in [0.29, 0.717) is 31.4 Å². The van der Waals surface area contributed by atoms with Gasteiger partial charge in [-0.15, -0.1) is 0 Å². The molecule has 4 nitrogen and oxygen atoms in total. The molecule has 1 aromatic carbocycles. The van der Waals surface area contributed by atoms with Gasteiger partial charge in [-0.2, -0.15) is 0 Å². The monoisotopic (exact) mass is 518 g/mol. The van der Waals surface area contributed by atoms with Crippen LogP contribution >= 0.6 is 0 Å². The lowest BCUT2D eigenvalue weighted by atomic mass is 9.53. The van der Waals surface area contributed by atoms with Gasteiger partial charge in [-0.1, -0.05) is 23.8 Å². The second-order valence-electron chi connectivity index (χ2n) is 9.30. The number of methoxy groups -OCH3 is 1. The summed E-state index contributed by atoms with van der Waals surface area (Å²) in [6.45, 7) is 6.14. The molecule has 3 rings (SSSR count). The van der Waals surface area contributed by atoms with Crippen LogP contribution in [0.3, 0.4) is 0 Å². The van der Waals surface area contributed by atoms with Crippen molar-refractivity contribution in [3.05, 3.63) is 47.3 Å². The maximum atomic E-state index is 13.3. The summed E-state index contributed by atoms with van der Waals surface area (Å²) in [5.74, 6) is 0.165. The molecule has 6 unspecified atom stereocenters. The van der Waals surface area contributed by atoms with Gasteiger partial charge in [0.15, 0.2) is 0 Å². The van der Waals surface area contributed by atoms with E-state index in [9.17, 15) is 14.6 Å². The zero-order valence-electron chi connectivity index (χ0n) is 18.8. The number of benzene rings is 1. The predicted octanol–water partition coefficient (Wildman–Crippen LogP) is 0.175. The fourth-order valence-electron chi connectivity index (χ4n) is 5.52. The average molecular weight is 520 g/mol. The normalized spacial score (nSPS) is 37.1. The third-order valence-electron chi connectivity index (χ3n) is 7.36. The lowest BCUT2D eigenvalue weighted by molar-refractivity contribution is -0.232. The minimum absolute atomic E-state index is 0. The third kappa shape index (κ3) is 4.78. The SMILES string of the molecule is COC1C(O)CCC(O)(CCc2ccc(F)cc2)C1(C[SH2+])C1(C)OC1CC=C(C)C.[Br-]. The van der Waals surface area contributed by atoms with E-state index in [2.05, 4.69) is 32.6 Å². The van der Waals surface area contributed by atoms with Gasteiger partial charge in [0.25, 0.3) is 0 Å². The van der Waals surface area contributed by atoms with Gasteiger partial charge in [-0.25, -0.2) is 4.39 Å². The molecule has 31 heavy (non-hydrogen) atoms. The van der Waals surface area contributed by atoms with Gasteiger partial charge < -0.3 is 36.7 Å². The number of aliphatic hydroxyl groups is 2. The minimum atomic E-state index is -1.11. The molecule has 0 amide bonds. The first-order valence-electron chi connectivity index (χ1n) is 10.8. The van der Waals surface area contributed by atoms with Gasteiger partial charge in [0.2, 0.25) is 0 Å². The summed E-state index contributed by atoms with van der Waals surface area (Å²) in [6, 6.07) is 6.40. The van der Waals surface area contributed by atoms with Gasteiger partial charge in [0, 0.05) is 7.11 Å². The molecule has 0 aromatic heterocycles. The largest absolute Gasteiger partial charge is 1.00 e. The molecule has 176 valence electrons. The van der Waals surface area contributed by atoms with Crippen molar-refractivity contribution >= 4 is 12.6 Å². The summed E-state index contributed by atoms with van der Waals surface area (Å²) in [7, 11) is 1.59. The third-order valence-corrected chi connectivity index (χ3v) is 7.92. The summed E-state index contributed by atoms with van der Waals surface area (Å²) in [4.78, 5) is 0. The number of allylic oxidation sites excluding steroid dienone is 1. The van der Waals surface area contributed by atoms with Crippen molar-refractivity contribution in [2.24, 2.45) is 5.41 Å². The van der Waals surface area contributed by atoms with Crippen LogP contribution in [0.4, 0.5) is 4.39 Å². The van der Waals surface area contributed by atoms with E-state index >= 15 is 0 Å². The zero-order chi connectivity index (χ0) is 22.2. The Hall–Kier alpha value is -0.440. The van der Waals surface area contributed by atoms with E-state index in [1.165, 1.54) is 17.7 Å². The molecule has 0 radical (unpaired) electrons. The molecule has 2 fully saturated rings. The van der Waals surface area contributed by atoms with Crippen LogP contribution in [-0.4, -0.2) is 52.6 Å². The van der Waals surface area contributed by atoms with Crippen LogP contribution in [0.2, 0.25) is 0 Å². The Balaban J connectivity index is 0.00000341. The van der Waals surface area contributed by atoms with Crippen LogP contribution in [0, 0.1) is 11.2 Å². The Labute approximate surface area is 201 Å². The first kappa shape index (κ1) is 26.8. The van der Waals surface area contributed by atoms with Crippen LogP contribution < -0.4 is 17.0 Å². The van der Waals surface area contributed by atoms with Crippen molar-refractivity contribution in [2.75, 3.05) is 12.9 Å². The molecule has 7 heteroatoms. The zero-order valence-corrected chi connectivity index (χ0v) is 21.4. The van der Waals surface area contributed by atoms with Crippen LogP contribution in [0.15, 0.2) is 35.9 Å². The topological polar surface area (TPSA) is 62.2 Å². The Kier molecular flexibility index (Phi) is 8.84. The minimum Gasteiger partial charge on any atom is -1.00 e. The van der Waals surface area contributed by atoms with Gasteiger partial charge in [-0.05, 0) is 83.2 Å². The molecule has 1 aromatic rings. The Bertz CT molecular complexity index is 771. The quantitative estimate of drug-likeness (QED) is 0.292. The van der Waals surface area contributed by atoms with Gasteiger partial charge in [0.1, 0.15) is 22.6 Å². The molecule has 2 aliphatic rings. The average Bonchev–Trinajstić information content (AvgIpc) is 3.39. The second kappa shape index (κ2) is 10.2. The van der Waals surface area contributed by atoms with Crippen molar-refractivity contribution < 1.29 is 41.1 Å². The number of rotatable bonds is 8. The molecular formula is C24H36BrFO4S. The highest BCUT2D eigenvalue weighted by Gasteiger charge is 2.77. The van der Waals surface area contributed by atoms with Crippen LogP contribution in [-0.2, 0) is 28.5 Å². The lowest BCUT2D eigenvalue weighted by Gasteiger charge is -2.56. The Morgan fingerprint density at radius 2 is 1.97 bits per heavy atom. The number of aryl methyl sites for hydroxylation is 1. The molecular weight excluding hydrogens is 483 g/mol. The summed E-state index contributed by atoms with van der Waals surface area (Å²) >= 11 is 3.74. The van der Waals surface area contributed by atoms with Crippen molar-refractivity contribution in [1.29, 1.82) is 0 Å². The Morgan fingerprint density at radius 1 is 1.32 bits per heavy atom. The molecule has 2 N–H and O–H groups in total. The van der Waals surface area contributed by atoms with Crippen LogP contribution in [0.25, 0.3) is 0 Å². The summed E-state index contributed by atoms with van der Waals surface area (Å²) in [5.41, 5.74) is -0.393. The molecule has 1 aliphatic carbocycles. The first-order chi connectivity index (χ1) is 14.1. The molecule has 1 saturated carbocycles. The van der Waals surface area contributed by atoms with Crippen molar-refractivity contribution in [3.8, 4) is 0 Å². The van der Waals surface area contributed by atoms with Crippen LogP contribution in [0.5, 0.6) is 0 Å². The number of epoxide rings is 1. The van der Waals surface area contributed by atoms with E-state index in [-0.39, 0.29) is 28.9 Å². The summed E-state index contributed by atoms with van der Waals surface area (Å²) in [6.07, 6.45) is 3.60. The van der Waals surface area contributed by atoms with Gasteiger partial charge in [-0.3, -0.25) is 0 Å². The smallest absolute Gasteiger partial charge is 0.123 e. The van der Waals surface area contributed by atoms with E-state index in [0.717, 1.165) is 12.0 Å².